The third-order valence-corrected chi connectivity index (χ3v) is 3.51. The fourth-order valence-electron chi connectivity index (χ4n) is 2.27. The number of amides is 2. The first-order valence-electron chi connectivity index (χ1n) is 7.26. The van der Waals surface area contributed by atoms with Crippen molar-refractivity contribution < 1.29 is 14.3 Å². The first-order valence-corrected chi connectivity index (χ1v) is 7.26. The Kier molecular flexibility index (Phi) is 4.25. The zero-order chi connectivity index (χ0) is 18.0. The number of rotatable bonds is 4. The van der Waals surface area contributed by atoms with Gasteiger partial charge in [-0.25, -0.2) is 14.8 Å². The third-order valence-electron chi connectivity index (χ3n) is 3.51. The van der Waals surface area contributed by atoms with Gasteiger partial charge >= 0.3 is 6.03 Å². The molecule has 1 aromatic carbocycles. The van der Waals surface area contributed by atoms with E-state index in [9.17, 15) is 9.59 Å². The SMILES string of the molecule is COc1ccc(NC(=O)Nc2c(C)nc3nc[nH]n3c2=O)c(OC)c1. The number of aromatic nitrogens is 4. The number of nitrogens with zero attached hydrogens (tertiary/aromatic N) is 3. The number of hydrogen-bond acceptors (Lipinski definition) is 6. The molecule has 0 spiro atoms. The minimum absolute atomic E-state index is 0.0479. The molecule has 0 saturated heterocycles. The molecule has 0 aliphatic heterocycles. The average molecular weight is 344 g/mol. The van der Waals surface area contributed by atoms with Gasteiger partial charge in [0.1, 0.15) is 23.5 Å². The number of aromatic amines is 1. The van der Waals surface area contributed by atoms with Crippen LogP contribution in [-0.2, 0) is 0 Å². The standard InChI is InChI=1S/C15H16N6O4/c1-8-12(13(22)21-14(18-8)16-7-17-21)20-15(23)19-10-5-4-9(24-2)6-11(10)25-3/h4-7H,1-3H3,(H,16,17,18)(H2,19,20,23). The number of urea groups is 1. The summed E-state index contributed by atoms with van der Waals surface area (Å²) in [6, 6.07) is 4.34. The van der Waals surface area contributed by atoms with Gasteiger partial charge in [-0.2, -0.15) is 4.52 Å². The number of carbonyl (C=O) groups excluding carboxylic acids is 1. The lowest BCUT2D eigenvalue weighted by atomic mass is 10.2. The van der Waals surface area contributed by atoms with Crippen LogP contribution in [0.1, 0.15) is 5.69 Å². The van der Waals surface area contributed by atoms with Crippen molar-refractivity contribution in [2.24, 2.45) is 0 Å². The molecule has 3 aromatic rings. The van der Waals surface area contributed by atoms with Crippen molar-refractivity contribution in [2.45, 2.75) is 6.92 Å². The van der Waals surface area contributed by atoms with Gasteiger partial charge in [-0.15, -0.1) is 0 Å². The molecule has 0 radical (unpaired) electrons. The molecule has 2 amide bonds. The molecule has 3 rings (SSSR count). The van der Waals surface area contributed by atoms with Gasteiger partial charge in [0.15, 0.2) is 0 Å². The van der Waals surface area contributed by atoms with Gasteiger partial charge in [-0.3, -0.25) is 9.89 Å². The first-order chi connectivity index (χ1) is 12.0. The Morgan fingerprint density at radius 3 is 2.76 bits per heavy atom. The molecular weight excluding hydrogens is 328 g/mol. The maximum absolute atomic E-state index is 12.4. The van der Waals surface area contributed by atoms with Crippen LogP contribution in [0.3, 0.4) is 0 Å². The zero-order valence-electron chi connectivity index (χ0n) is 13.8. The largest absolute Gasteiger partial charge is 0.497 e. The number of carbonyl (C=O) groups is 1. The van der Waals surface area contributed by atoms with Crippen molar-refractivity contribution in [2.75, 3.05) is 24.9 Å². The lowest BCUT2D eigenvalue weighted by Gasteiger charge is -2.12. The lowest BCUT2D eigenvalue weighted by Crippen LogP contribution is -2.28. The number of fused-ring (bicyclic) bond motifs is 1. The minimum atomic E-state index is -0.607. The molecular formula is C15H16N6O4. The van der Waals surface area contributed by atoms with Crippen LogP contribution >= 0.6 is 0 Å². The highest BCUT2D eigenvalue weighted by atomic mass is 16.5. The van der Waals surface area contributed by atoms with Crippen molar-refractivity contribution in [1.29, 1.82) is 0 Å². The highest BCUT2D eigenvalue weighted by Gasteiger charge is 2.15. The molecule has 2 aromatic heterocycles. The smallest absolute Gasteiger partial charge is 0.323 e. The summed E-state index contributed by atoms with van der Waals surface area (Å²) >= 11 is 0. The van der Waals surface area contributed by atoms with Gasteiger partial charge < -0.3 is 20.1 Å². The number of aryl methyl sites for hydroxylation is 1. The predicted octanol–water partition coefficient (Wildman–Crippen LogP) is 1.39. The summed E-state index contributed by atoms with van der Waals surface area (Å²) in [4.78, 5) is 32.7. The second kappa shape index (κ2) is 6.51. The number of benzene rings is 1. The quantitative estimate of drug-likeness (QED) is 0.657. The van der Waals surface area contributed by atoms with Gasteiger partial charge in [0.2, 0.25) is 0 Å². The monoisotopic (exact) mass is 344 g/mol. The zero-order valence-corrected chi connectivity index (χ0v) is 13.8. The van der Waals surface area contributed by atoms with Crippen LogP contribution in [0.5, 0.6) is 11.5 Å². The summed E-state index contributed by atoms with van der Waals surface area (Å²) in [6.45, 7) is 1.61. The van der Waals surface area contributed by atoms with Gasteiger partial charge in [-0.05, 0) is 19.1 Å². The van der Waals surface area contributed by atoms with Crippen LogP contribution < -0.4 is 25.7 Å². The summed E-state index contributed by atoms with van der Waals surface area (Å²) in [7, 11) is 3.01. The molecule has 0 aliphatic rings. The highest BCUT2D eigenvalue weighted by Crippen LogP contribution is 2.29. The van der Waals surface area contributed by atoms with E-state index < -0.39 is 11.6 Å². The Morgan fingerprint density at radius 2 is 2.04 bits per heavy atom. The number of H-pyrrole nitrogens is 1. The predicted molar refractivity (Wildman–Crippen MR) is 90.5 cm³/mol. The van der Waals surface area contributed by atoms with E-state index in [0.29, 0.717) is 22.9 Å². The van der Waals surface area contributed by atoms with Crippen molar-refractivity contribution in [3.63, 3.8) is 0 Å². The van der Waals surface area contributed by atoms with Crippen LogP contribution in [0.15, 0.2) is 29.3 Å². The molecule has 0 bridgehead atoms. The average Bonchev–Trinajstić information content (AvgIpc) is 3.07. The topological polar surface area (TPSA) is 123 Å². The van der Waals surface area contributed by atoms with Crippen LogP contribution in [0.25, 0.3) is 5.78 Å². The second-order valence-electron chi connectivity index (χ2n) is 5.05. The fraction of sp³-hybridized carbons (Fsp3) is 0.200. The Hall–Kier alpha value is -3.56. The number of ether oxygens (including phenoxy) is 2. The number of hydrogen-bond donors (Lipinski definition) is 3. The van der Waals surface area contributed by atoms with E-state index in [-0.39, 0.29) is 11.5 Å². The first kappa shape index (κ1) is 16.3. The molecule has 2 heterocycles. The Balaban J connectivity index is 1.85. The molecule has 0 aliphatic carbocycles. The number of anilines is 2. The summed E-state index contributed by atoms with van der Waals surface area (Å²) in [5.74, 6) is 1.24. The summed E-state index contributed by atoms with van der Waals surface area (Å²) < 4.78 is 11.5. The van der Waals surface area contributed by atoms with E-state index in [1.165, 1.54) is 20.5 Å². The van der Waals surface area contributed by atoms with E-state index in [0.717, 1.165) is 4.52 Å². The van der Waals surface area contributed by atoms with Crippen molar-refractivity contribution in [3.05, 3.63) is 40.6 Å². The molecule has 3 N–H and O–H groups in total. The van der Waals surface area contributed by atoms with Crippen LogP contribution in [0, 0.1) is 6.92 Å². The summed E-state index contributed by atoms with van der Waals surface area (Å²) in [5.41, 5.74) is 0.367. The number of methoxy groups -OCH3 is 2. The molecule has 10 heteroatoms. The fourth-order valence-corrected chi connectivity index (χ4v) is 2.27. The molecule has 25 heavy (non-hydrogen) atoms. The minimum Gasteiger partial charge on any atom is -0.497 e. The highest BCUT2D eigenvalue weighted by molar-refractivity contribution is 6.01. The molecule has 130 valence electrons. The van der Waals surface area contributed by atoms with Gasteiger partial charge in [-0.1, -0.05) is 0 Å². The summed E-state index contributed by atoms with van der Waals surface area (Å²) in [6.07, 6.45) is 1.34. The van der Waals surface area contributed by atoms with Gasteiger partial charge in [0.05, 0.1) is 25.6 Å². The van der Waals surface area contributed by atoms with Crippen molar-refractivity contribution in [3.8, 4) is 11.5 Å². The van der Waals surface area contributed by atoms with Gasteiger partial charge in [0.25, 0.3) is 11.3 Å². The van der Waals surface area contributed by atoms with E-state index >= 15 is 0 Å². The van der Waals surface area contributed by atoms with Crippen LogP contribution in [0.4, 0.5) is 16.2 Å². The molecule has 0 fully saturated rings. The normalized spacial score (nSPS) is 10.5. The van der Waals surface area contributed by atoms with Gasteiger partial charge in [0, 0.05) is 6.07 Å². The maximum Gasteiger partial charge on any atom is 0.323 e. The summed E-state index contributed by atoms with van der Waals surface area (Å²) in [5, 5.41) is 7.77. The van der Waals surface area contributed by atoms with E-state index in [1.54, 1.807) is 25.1 Å². The van der Waals surface area contributed by atoms with Crippen molar-refractivity contribution >= 4 is 23.2 Å². The third kappa shape index (κ3) is 3.09. The Labute approximate surface area is 141 Å². The van der Waals surface area contributed by atoms with Crippen molar-refractivity contribution in [1.82, 2.24) is 19.6 Å². The number of nitrogens with one attached hydrogen (secondary N) is 3. The van der Waals surface area contributed by atoms with E-state index in [1.807, 2.05) is 0 Å². The molecule has 0 unspecified atom stereocenters. The second-order valence-corrected chi connectivity index (χ2v) is 5.05. The lowest BCUT2D eigenvalue weighted by molar-refractivity contribution is 0.262. The van der Waals surface area contributed by atoms with Crippen LogP contribution in [-0.4, -0.2) is 39.8 Å². The Morgan fingerprint density at radius 1 is 1.24 bits per heavy atom. The molecule has 10 nitrogen and oxygen atoms in total. The van der Waals surface area contributed by atoms with E-state index in [4.69, 9.17) is 9.47 Å². The van der Waals surface area contributed by atoms with E-state index in [2.05, 4.69) is 25.7 Å². The Bertz CT molecular complexity index is 993. The maximum atomic E-state index is 12.4. The molecule has 0 atom stereocenters. The molecule has 0 saturated carbocycles. The van der Waals surface area contributed by atoms with Crippen LogP contribution in [0.2, 0.25) is 0 Å².